The normalized spacial score (nSPS) is 15.7. The van der Waals surface area contributed by atoms with Crippen LogP contribution in [0.15, 0.2) is 24.3 Å². The smallest absolute Gasteiger partial charge is 0.245 e. The third-order valence-corrected chi connectivity index (χ3v) is 5.09. The van der Waals surface area contributed by atoms with Gasteiger partial charge in [-0.3, -0.25) is 4.79 Å². The molecule has 1 aliphatic rings. The van der Waals surface area contributed by atoms with Crippen LogP contribution in [0.25, 0.3) is 0 Å². The fourth-order valence-corrected chi connectivity index (χ4v) is 3.67. The third-order valence-electron chi connectivity index (χ3n) is 5.09. The van der Waals surface area contributed by atoms with E-state index in [1.807, 2.05) is 25.7 Å². The summed E-state index contributed by atoms with van der Waals surface area (Å²) in [6.07, 6.45) is 5.51. The minimum atomic E-state index is -0.266. The lowest BCUT2D eigenvalue weighted by atomic mass is 9.93. The monoisotopic (exact) mass is 373 g/mol. The highest BCUT2D eigenvalue weighted by molar-refractivity contribution is 5.76. The van der Waals surface area contributed by atoms with Crippen molar-refractivity contribution < 1.29 is 9.18 Å². The standard InChI is InChI=1S/C20H28FN5O/c1-20(2,3)19-22-23-24-26(19)14-18(27)25(17-7-5-4-6-8-17)13-15-9-11-16(21)12-10-15/h9-12,17H,4-8,13-14H2,1-3H3. The predicted molar refractivity (Wildman–Crippen MR) is 100 cm³/mol. The number of amides is 1. The maximum absolute atomic E-state index is 13.2. The second-order valence-corrected chi connectivity index (χ2v) is 8.35. The lowest BCUT2D eigenvalue weighted by molar-refractivity contribution is -0.136. The molecule has 0 bridgehead atoms. The first-order valence-corrected chi connectivity index (χ1v) is 9.65. The van der Waals surface area contributed by atoms with Gasteiger partial charge in [-0.1, -0.05) is 52.2 Å². The summed E-state index contributed by atoms with van der Waals surface area (Å²) in [5.74, 6) is 0.433. The van der Waals surface area contributed by atoms with Gasteiger partial charge in [0.05, 0.1) is 0 Å². The second kappa shape index (κ2) is 8.15. The van der Waals surface area contributed by atoms with Gasteiger partial charge in [0, 0.05) is 18.0 Å². The minimum Gasteiger partial charge on any atom is -0.334 e. The van der Waals surface area contributed by atoms with Crippen molar-refractivity contribution in [3.63, 3.8) is 0 Å². The Morgan fingerprint density at radius 3 is 2.48 bits per heavy atom. The zero-order chi connectivity index (χ0) is 19.4. The second-order valence-electron chi connectivity index (χ2n) is 8.35. The number of halogens is 1. The van der Waals surface area contributed by atoms with Gasteiger partial charge >= 0.3 is 0 Å². The molecule has 146 valence electrons. The Morgan fingerprint density at radius 1 is 1.19 bits per heavy atom. The number of rotatable bonds is 5. The average Bonchev–Trinajstić information content (AvgIpc) is 3.10. The van der Waals surface area contributed by atoms with E-state index in [0.717, 1.165) is 31.2 Å². The molecule has 1 aromatic carbocycles. The molecule has 0 radical (unpaired) electrons. The van der Waals surface area contributed by atoms with Gasteiger partial charge in [-0.2, -0.15) is 0 Å². The number of benzene rings is 1. The van der Waals surface area contributed by atoms with Gasteiger partial charge in [0.25, 0.3) is 0 Å². The van der Waals surface area contributed by atoms with E-state index in [-0.39, 0.29) is 29.7 Å². The van der Waals surface area contributed by atoms with Crippen LogP contribution in [-0.4, -0.2) is 37.1 Å². The molecule has 1 fully saturated rings. The Morgan fingerprint density at radius 2 is 1.85 bits per heavy atom. The van der Waals surface area contributed by atoms with Crippen molar-refractivity contribution in [1.82, 2.24) is 25.1 Å². The fourth-order valence-electron chi connectivity index (χ4n) is 3.67. The molecule has 0 atom stereocenters. The molecule has 2 aromatic rings. The highest BCUT2D eigenvalue weighted by Gasteiger charge is 2.28. The summed E-state index contributed by atoms with van der Waals surface area (Å²) in [5.41, 5.74) is 0.694. The predicted octanol–water partition coefficient (Wildman–Crippen LogP) is 3.47. The summed E-state index contributed by atoms with van der Waals surface area (Å²) in [6, 6.07) is 6.59. The summed E-state index contributed by atoms with van der Waals surface area (Å²) in [6.45, 7) is 6.68. The summed E-state index contributed by atoms with van der Waals surface area (Å²) >= 11 is 0. The highest BCUT2D eigenvalue weighted by Crippen LogP contribution is 2.25. The molecule has 1 saturated carbocycles. The number of hydrogen-bond donors (Lipinski definition) is 0. The number of aromatic nitrogens is 4. The van der Waals surface area contributed by atoms with Crippen LogP contribution in [0.2, 0.25) is 0 Å². The molecular weight excluding hydrogens is 345 g/mol. The quantitative estimate of drug-likeness (QED) is 0.805. The summed E-state index contributed by atoms with van der Waals surface area (Å²) in [5, 5.41) is 11.9. The molecule has 0 saturated heterocycles. The zero-order valence-corrected chi connectivity index (χ0v) is 16.4. The lowest BCUT2D eigenvalue weighted by Crippen LogP contribution is -2.43. The van der Waals surface area contributed by atoms with Crippen molar-refractivity contribution in [3.05, 3.63) is 41.5 Å². The molecule has 0 N–H and O–H groups in total. The van der Waals surface area contributed by atoms with Crippen LogP contribution in [0.3, 0.4) is 0 Å². The first-order chi connectivity index (χ1) is 12.8. The van der Waals surface area contributed by atoms with Gasteiger partial charge in [-0.05, 0) is 41.0 Å². The van der Waals surface area contributed by atoms with E-state index in [1.54, 1.807) is 16.8 Å². The van der Waals surface area contributed by atoms with Crippen LogP contribution in [-0.2, 0) is 23.3 Å². The molecule has 1 heterocycles. The zero-order valence-electron chi connectivity index (χ0n) is 16.4. The third kappa shape index (κ3) is 4.90. The van der Waals surface area contributed by atoms with Crippen LogP contribution in [0.5, 0.6) is 0 Å². The summed E-state index contributed by atoms with van der Waals surface area (Å²) in [7, 11) is 0. The van der Waals surface area contributed by atoms with Crippen molar-refractivity contribution in [2.24, 2.45) is 0 Å². The van der Waals surface area contributed by atoms with Crippen molar-refractivity contribution in [3.8, 4) is 0 Å². The molecule has 3 rings (SSSR count). The Balaban J connectivity index is 1.80. The molecule has 1 amide bonds. The Hall–Kier alpha value is -2.31. The van der Waals surface area contributed by atoms with E-state index in [0.29, 0.717) is 12.4 Å². The number of carbonyl (C=O) groups is 1. The molecule has 6 nitrogen and oxygen atoms in total. The van der Waals surface area contributed by atoms with Gasteiger partial charge < -0.3 is 4.90 Å². The van der Waals surface area contributed by atoms with Crippen LogP contribution in [0, 0.1) is 5.82 Å². The highest BCUT2D eigenvalue weighted by atomic mass is 19.1. The van der Waals surface area contributed by atoms with E-state index >= 15 is 0 Å². The molecule has 1 aliphatic carbocycles. The topological polar surface area (TPSA) is 63.9 Å². The first-order valence-electron chi connectivity index (χ1n) is 9.65. The molecular formula is C20H28FN5O. The van der Waals surface area contributed by atoms with Crippen molar-refractivity contribution in [2.45, 2.75) is 77.4 Å². The van der Waals surface area contributed by atoms with E-state index in [9.17, 15) is 9.18 Å². The molecule has 27 heavy (non-hydrogen) atoms. The Bertz CT molecular complexity index is 759. The largest absolute Gasteiger partial charge is 0.334 e. The first kappa shape index (κ1) is 19.5. The molecule has 7 heteroatoms. The minimum absolute atomic E-state index is 0.00373. The number of tetrazole rings is 1. The maximum atomic E-state index is 13.2. The van der Waals surface area contributed by atoms with Gasteiger partial charge in [-0.15, -0.1) is 5.10 Å². The SMILES string of the molecule is CC(C)(C)c1nnnn1CC(=O)N(Cc1ccc(F)cc1)C1CCCCC1. The van der Waals surface area contributed by atoms with Crippen LogP contribution < -0.4 is 0 Å². The van der Waals surface area contributed by atoms with Crippen molar-refractivity contribution >= 4 is 5.91 Å². The lowest BCUT2D eigenvalue weighted by Gasteiger charge is -2.34. The van der Waals surface area contributed by atoms with E-state index < -0.39 is 0 Å². The fraction of sp³-hybridized carbons (Fsp3) is 0.600. The van der Waals surface area contributed by atoms with E-state index in [4.69, 9.17) is 0 Å². The number of hydrogen-bond acceptors (Lipinski definition) is 4. The summed E-state index contributed by atoms with van der Waals surface area (Å²) < 4.78 is 14.8. The molecule has 0 unspecified atom stereocenters. The number of carbonyl (C=O) groups excluding carboxylic acids is 1. The number of nitrogens with zero attached hydrogens (tertiary/aromatic N) is 5. The van der Waals surface area contributed by atoms with Gasteiger partial charge in [-0.25, -0.2) is 9.07 Å². The maximum Gasteiger partial charge on any atom is 0.245 e. The van der Waals surface area contributed by atoms with Gasteiger partial charge in [0.1, 0.15) is 12.4 Å². The summed E-state index contributed by atoms with van der Waals surface area (Å²) in [4.78, 5) is 15.1. The van der Waals surface area contributed by atoms with E-state index in [2.05, 4.69) is 15.5 Å². The van der Waals surface area contributed by atoms with Crippen LogP contribution in [0.4, 0.5) is 4.39 Å². The average molecular weight is 373 g/mol. The van der Waals surface area contributed by atoms with Crippen molar-refractivity contribution in [2.75, 3.05) is 0 Å². The Kier molecular flexibility index (Phi) is 5.87. The molecule has 0 aliphatic heterocycles. The van der Waals surface area contributed by atoms with E-state index in [1.165, 1.54) is 18.6 Å². The van der Waals surface area contributed by atoms with Crippen LogP contribution in [0.1, 0.15) is 64.3 Å². The molecule has 0 spiro atoms. The van der Waals surface area contributed by atoms with Crippen molar-refractivity contribution in [1.29, 1.82) is 0 Å². The van der Waals surface area contributed by atoms with Gasteiger partial charge in [0.2, 0.25) is 5.91 Å². The molecule has 1 aromatic heterocycles. The van der Waals surface area contributed by atoms with Crippen LogP contribution >= 0.6 is 0 Å². The van der Waals surface area contributed by atoms with Gasteiger partial charge in [0.15, 0.2) is 5.82 Å². The Labute approximate surface area is 159 Å².